The number of aromatic nitrogens is 2. The molecule has 2 aromatic rings. The lowest BCUT2D eigenvalue weighted by molar-refractivity contribution is 0.110. The van der Waals surface area contributed by atoms with Gasteiger partial charge in [-0.25, -0.2) is 9.97 Å². The van der Waals surface area contributed by atoms with Gasteiger partial charge in [-0.3, -0.25) is 0 Å². The maximum Gasteiger partial charge on any atom is 0.137 e. The number of para-hydroxylation sites is 1. The molecule has 0 saturated carbocycles. The zero-order valence-electron chi connectivity index (χ0n) is 11.6. The molecular formula is C15H21N3O. The van der Waals surface area contributed by atoms with E-state index in [9.17, 15) is 0 Å². The molecule has 0 atom stereocenters. The predicted molar refractivity (Wildman–Crippen MR) is 78.3 cm³/mol. The van der Waals surface area contributed by atoms with Crippen molar-refractivity contribution in [2.45, 2.75) is 20.3 Å². The van der Waals surface area contributed by atoms with Crippen LogP contribution in [0, 0.1) is 5.92 Å². The molecule has 0 aliphatic heterocycles. The monoisotopic (exact) mass is 259 g/mol. The minimum Gasteiger partial charge on any atom is -0.381 e. The number of ether oxygens (including phenoxy) is 1. The predicted octanol–water partition coefficient (Wildman–Crippen LogP) is 3.10. The van der Waals surface area contributed by atoms with Gasteiger partial charge in [-0.2, -0.15) is 0 Å². The Balaban J connectivity index is 1.82. The topological polar surface area (TPSA) is 47.0 Å². The summed E-state index contributed by atoms with van der Waals surface area (Å²) in [4.78, 5) is 8.53. The van der Waals surface area contributed by atoms with Gasteiger partial charge >= 0.3 is 0 Å². The standard InChI is InChI=1S/C15H21N3O/c1-12(2)10-19-9-5-8-16-15-13-6-3-4-7-14(13)17-11-18-15/h3-4,6-7,11-12H,5,8-10H2,1-2H3,(H,16,17,18). The Morgan fingerprint density at radius 1 is 1.21 bits per heavy atom. The number of hydrogen-bond donors (Lipinski definition) is 1. The fourth-order valence-electron chi connectivity index (χ4n) is 1.85. The molecule has 0 saturated heterocycles. The second-order valence-corrected chi connectivity index (χ2v) is 4.99. The zero-order chi connectivity index (χ0) is 13.5. The van der Waals surface area contributed by atoms with Gasteiger partial charge in [0.1, 0.15) is 12.1 Å². The van der Waals surface area contributed by atoms with Crippen LogP contribution in [0.3, 0.4) is 0 Å². The molecule has 102 valence electrons. The van der Waals surface area contributed by atoms with Crippen LogP contribution < -0.4 is 5.32 Å². The van der Waals surface area contributed by atoms with E-state index in [-0.39, 0.29) is 0 Å². The highest BCUT2D eigenvalue weighted by Gasteiger charge is 2.01. The summed E-state index contributed by atoms with van der Waals surface area (Å²) in [7, 11) is 0. The third-order valence-electron chi connectivity index (χ3n) is 2.75. The van der Waals surface area contributed by atoms with E-state index in [1.807, 2.05) is 24.3 Å². The average molecular weight is 259 g/mol. The van der Waals surface area contributed by atoms with Gasteiger partial charge in [-0.1, -0.05) is 26.0 Å². The van der Waals surface area contributed by atoms with Crippen LogP contribution in [0.1, 0.15) is 20.3 Å². The molecule has 1 aromatic heterocycles. The van der Waals surface area contributed by atoms with Crippen molar-refractivity contribution in [2.75, 3.05) is 25.1 Å². The Morgan fingerprint density at radius 3 is 2.89 bits per heavy atom. The molecule has 1 N–H and O–H groups in total. The molecule has 0 aliphatic rings. The Kier molecular flexibility index (Phi) is 5.10. The minimum absolute atomic E-state index is 0.596. The second kappa shape index (κ2) is 7.04. The molecule has 0 amide bonds. The summed E-state index contributed by atoms with van der Waals surface area (Å²) < 4.78 is 5.55. The van der Waals surface area contributed by atoms with E-state index in [2.05, 4.69) is 29.1 Å². The molecule has 4 heteroatoms. The van der Waals surface area contributed by atoms with Crippen molar-refractivity contribution in [3.8, 4) is 0 Å². The van der Waals surface area contributed by atoms with Crippen LogP contribution in [-0.2, 0) is 4.74 Å². The largest absolute Gasteiger partial charge is 0.381 e. The van der Waals surface area contributed by atoms with Gasteiger partial charge < -0.3 is 10.1 Å². The van der Waals surface area contributed by atoms with E-state index < -0.39 is 0 Å². The quantitative estimate of drug-likeness (QED) is 0.776. The highest BCUT2D eigenvalue weighted by atomic mass is 16.5. The van der Waals surface area contributed by atoms with Crippen LogP contribution in [0.2, 0.25) is 0 Å². The fourth-order valence-corrected chi connectivity index (χ4v) is 1.85. The van der Waals surface area contributed by atoms with E-state index >= 15 is 0 Å². The Labute approximate surface area is 114 Å². The van der Waals surface area contributed by atoms with Crippen LogP contribution in [-0.4, -0.2) is 29.7 Å². The van der Waals surface area contributed by atoms with E-state index in [1.165, 1.54) is 0 Å². The number of nitrogens with one attached hydrogen (secondary N) is 1. The molecule has 0 aliphatic carbocycles. The molecule has 19 heavy (non-hydrogen) atoms. The SMILES string of the molecule is CC(C)COCCCNc1ncnc2ccccc12. The fraction of sp³-hybridized carbons (Fsp3) is 0.467. The Morgan fingerprint density at radius 2 is 2.05 bits per heavy atom. The highest BCUT2D eigenvalue weighted by molar-refractivity contribution is 5.88. The molecule has 0 radical (unpaired) electrons. The molecular weight excluding hydrogens is 238 g/mol. The summed E-state index contributed by atoms with van der Waals surface area (Å²) in [5.74, 6) is 1.49. The maximum absolute atomic E-state index is 5.55. The van der Waals surface area contributed by atoms with E-state index in [0.717, 1.165) is 42.9 Å². The lowest BCUT2D eigenvalue weighted by atomic mass is 10.2. The third-order valence-corrected chi connectivity index (χ3v) is 2.75. The third kappa shape index (κ3) is 4.17. The van der Waals surface area contributed by atoms with Gasteiger partial charge in [-0.15, -0.1) is 0 Å². The van der Waals surface area contributed by atoms with Crippen molar-refractivity contribution in [1.29, 1.82) is 0 Å². The normalized spacial score (nSPS) is 11.1. The first-order valence-electron chi connectivity index (χ1n) is 6.78. The molecule has 0 spiro atoms. The van der Waals surface area contributed by atoms with Crippen molar-refractivity contribution in [1.82, 2.24) is 9.97 Å². The lowest BCUT2D eigenvalue weighted by Crippen LogP contribution is -2.09. The molecule has 0 bridgehead atoms. The number of hydrogen-bond acceptors (Lipinski definition) is 4. The zero-order valence-corrected chi connectivity index (χ0v) is 11.6. The maximum atomic E-state index is 5.55. The molecule has 1 heterocycles. The van der Waals surface area contributed by atoms with Crippen LogP contribution in [0.25, 0.3) is 10.9 Å². The summed E-state index contributed by atoms with van der Waals surface area (Å²) in [5.41, 5.74) is 0.969. The second-order valence-electron chi connectivity index (χ2n) is 4.99. The van der Waals surface area contributed by atoms with Gasteiger partial charge in [0.25, 0.3) is 0 Å². The first-order chi connectivity index (χ1) is 9.27. The number of nitrogens with zero attached hydrogens (tertiary/aromatic N) is 2. The van der Waals surface area contributed by atoms with Crippen LogP contribution in [0.15, 0.2) is 30.6 Å². The van der Waals surface area contributed by atoms with Crippen molar-refractivity contribution in [3.05, 3.63) is 30.6 Å². The van der Waals surface area contributed by atoms with Crippen LogP contribution in [0.5, 0.6) is 0 Å². The summed E-state index contributed by atoms with van der Waals surface area (Å²) in [6.07, 6.45) is 2.57. The summed E-state index contributed by atoms with van der Waals surface area (Å²) in [6.45, 7) is 6.79. The number of anilines is 1. The van der Waals surface area contributed by atoms with Gasteiger partial charge in [0.2, 0.25) is 0 Å². The van der Waals surface area contributed by atoms with Crippen molar-refractivity contribution >= 4 is 16.7 Å². The first-order valence-corrected chi connectivity index (χ1v) is 6.78. The lowest BCUT2D eigenvalue weighted by Gasteiger charge is -2.09. The van der Waals surface area contributed by atoms with E-state index in [4.69, 9.17) is 4.74 Å². The first kappa shape index (κ1) is 13.7. The molecule has 0 unspecified atom stereocenters. The Hall–Kier alpha value is -1.68. The Bertz CT molecular complexity index is 508. The number of benzene rings is 1. The van der Waals surface area contributed by atoms with Gasteiger partial charge in [0.15, 0.2) is 0 Å². The molecule has 1 aromatic carbocycles. The molecule has 2 rings (SSSR count). The van der Waals surface area contributed by atoms with Crippen molar-refractivity contribution in [2.24, 2.45) is 5.92 Å². The minimum atomic E-state index is 0.596. The molecule has 4 nitrogen and oxygen atoms in total. The van der Waals surface area contributed by atoms with Gasteiger partial charge in [0.05, 0.1) is 5.52 Å². The van der Waals surface area contributed by atoms with Gasteiger partial charge in [0, 0.05) is 25.1 Å². The smallest absolute Gasteiger partial charge is 0.137 e. The summed E-state index contributed by atoms with van der Waals surface area (Å²) in [5, 5.41) is 4.41. The number of rotatable bonds is 7. The van der Waals surface area contributed by atoms with Gasteiger partial charge in [-0.05, 0) is 24.5 Å². The van der Waals surface area contributed by atoms with Crippen LogP contribution >= 0.6 is 0 Å². The summed E-state index contributed by atoms with van der Waals surface area (Å²) >= 11 is 0. The highest BCUT2D eigenvalue weighted by Crippen LogP contribution is 2.17. The van der Waals surface area contributed by atoms with E-state index in [0.29, 0.717) is 5.92 Å². The average Bonchev–Trinajstić information content (AvgIpc) is 2.42. The van der Waals surface area contributed by atoms with Crippen molar-refractivity contribution < 1.29 is 4.74 Å². The summed E-state index contributed by atoms with van der Waals surface area (Å²) in [6, 6.07) is 8.02. The number of fused-ring (bicyclic) bond motifs is 1. The van der Waals surface area contributed by atoms with E-state index in [1.54, 1.807) is 6.33 Å². The molecule has 0 fully saturated rings. The van der Waals surface area contributed by atoms with Crippen molar-refractivity contribution in [3.63, 3.8) is 0 Å². The van der Waals surface area contributed by atoms with Crippen LogP contribution in [0.4, 0.5) is 5.82 Å².